The highest BCUT2D eigenvalue weighted by atomic mass is 16.3. The van der Waals surface area contributed by atoms with Crippen molar-refractivity contribution < 1.29 is 4.42 Å². The average Bonchev–Trinajstić information content (AvgIpc) is 3.56. The van der Waals surface area contributed by atoms with Crippen LogP contribution in [-0.4, -0.2) is 73.8 Å². The highest BCUT2D eigenvalue weighted by molar-refractivity contribution is 5.99. The lowest BCUT2D eigenvalue weighted by Gasteiger charge is -2.41. The molecule has 7 rings (SSSR count). The first-order valence-corrected chi connectivity index (χ1v) is 14.0. The zero-order valence-electron chi connectivity index (χ0n) is 22.3. The molecule has 0 amide bonds. The summed E-state index contributed by atoms with van der Waals surface area (Å²) < 4.78 is 8.27. The Morgan fingerprint density at radius 3 is 2.49 bits per heavy atom. The summed E-state index contributed by atoms with van der Waals surface area (Å²) in [6.45, 7) is 4.66. The number of nitrogens with two attached hydrogens (primary N) is 1. The number of oxazole rings is 1. The van der Waals surface area contributed by atoms with E-state index in [9.17, 15) is 0 Å². The van der Waals surface area contributed by atoms with Gasteiger partial charge < -0.3 is 15.1 Å². The zero-order chi connectivity index (χ0) is 26.3. The van der Waals surface area contributed by atoms with Gasteiger partial charge >= 0.3 is 0 Å². The van der Waals surface area contributed by atoms with E-state index >= 15 is 0 Å². The summed E-state index contributed by atoms with van der Waals surface area (Å²) in [5.74, 6) is 1.15. The second-order valence-electron chi connectivity index (χ2n) is 11.0. The lowest BCUT2D eigenvalue weighted by molar-refractivity contribution is 0.0815. The number of nitrogen functional groups attached to an aromatic ring is 1. The highest BCUT2D eigenvalue weighted by Gasteiger charge is 2.30. The van der Waals surface area contributed by atoms with Gasteiger partial charge in [-0.1, -0.05) is 36.4 Å². The molecule has 9 nitrogen and oxygen atoms in total. The van der Waals surface area contributed by atoms with Gasteiger partial charge in [0, 0.05) is 44.2 Å². The monoisotopic (exact) mass is 522 g/mol. The average molecular weight is 523 g/mol. The number of nitrogens with zero attached hydrogens (tertiary/aromatic N) is 7. The molecule has 3 aromatic heterocycles. The fraction of sp³-hybridized carbons (Fsp3) is 0.400. The first kappa shape index (κ1) is 24.2. The van der Waals surface area contributed by atoms with E-state index in [1.54, 1.807) is 6.33 Å². The van der Waals surface area contributed by atoms with Gasteiger partial charge in [-0.25, -0.2) is 19.6 Å². The molecule has 0 unspecified atom stereocenters. The van der Waals surface area contributed by atoms with Crippen LogP contribution in [0.2, 0.25) is 0 Å². The predicted molar refractivity (Wildman–Crippen MR) is 152 cm³/mol. The van der Waals surface area contributed by atoms with E-state index in [2.05, 4.69) is 43.6 Å². The predicted octanol–water partition coefficient (Wildman–Crippen LogP) is 4.54. The van der Waals surface area contributed by atoms with Gasteiger partial charge in [0.25, 0.3) is 0 Å². The number of likely N-dealkylation sites (N-methyl/N-ethyl adjacent to an activating group) is 1. The number of anilines is 1. The Labute approximate surface area is 227 Å². The van der Waals surface area contributed by atoms with Gasteiger partial charge in [-0.2, -0.15) is 5.10 Å². The number of aromatic nitrogens is 5. The van der Waals surface area contributed by atoms with E-state index in [1.165, 1.54) is 31.5 Å². The van der Waals surface area contributed by atoms with Crippen molar-refractivity contribution in [3.05, 3.63) is 66.3 Å². The molecule has 1 saturated carbocycles. The second-order valence-corrected chi connectivity index (χ2v) is 11.0. The van der Waals surface area contributed by atoms with Crippen LogP contribution in [0.25, 0.3) is 33.4 Å². The quantitative estimate of drug-likeness (QED) is 0.359. The maximum atomic E-state index is 6.42. The molecule has 4 heterocycles. The van der Waals surface area contributed by atoms with Crippen molar-refractivity contribution in [2.24, 2.45) is 0 Å². The van der Waals surface area contributed by atoms with Crippen LogP contribution >= 0.6 is 0 Å². The largest absolute Gasteiger partial charge is 0.440 e. The van der Waals surface area contributed by atoms with E-state index < -0.39 is 0 Å². The number of rotatable bonds is 5. The Kier molecular flexibility index (Phi) is 6.25. The third-order valence-corrected chi connectivity index (χ3v) is 8.49. The van der Waals surface area contributed by atoms with Crippen LogP contribution < -0.4 is 5.73 Å². The highest BCUT2D eigenvalue weighted by Crippen LogP contribution is 2.37. The molecule has 1 aliphatic heterocycles. The molecule has 9 heteroatoms. The zero-order valence-corrected chi connectivity index (χ0v) is 22.3. The SMILES string of the molecule is CN1CCN(C2CCC(n3nc(-c4ccc5nc(Cc6ccccc6)oc5c4)c4c(N)ncnc43)CC2)CC1. The molecule has 0 radical (unpaired) electrons. The van der Waals surface area contributed by atoms with Crippen molar-refractivity contribution in [1.82, 2.24) is 34.5 Å². The minimum atomic E-state index is 0.297. The van der Waals surface area contributed by atoms with Gasteiger partial charge in [-0.3, -0.25) is 4.90 Å². The first-order chi connectivity index (χ1) is 19.1. The lowest BCUT2D eigenvalue weighted by atomic mass is 9.90. The lowest BCUT2D eigenvalue weighted by Crippen LogP contribution is -2.49. The standard InChI is InChI=1S/C30H34N8O/c1-36-13-15-37(16-14-36)22-8-10-23(11-9-22)38-30-27(29(31)32-19-33-30)28(35-38)21-7-12-24-25(18-21)39-26(34-24)17-20-5-3-2-4-6-20/h2-7,12,18-19,22-23H,8-11,13-17H2,1H3,(H2,31,32,33). The Hall–Kier alpha value is -3.82. The molecule has 0 spiro atoms. The van der Waals surface area contributed by atoms with Crippen molar-refractivity contribution in [2.45, 2.75) is 44.2 Å². The number of benzene rings is 2. The summed E-state index contributed by atoms with van der Waals surface area (Å²) in [4.78, 5) is 18.8. The van der Waals surface area contributed by atoms with Crippen molar-refractivity contribution in [3.63, 3.8) is 0 Å². The summed E-state index contributed by atoms with van der Waals surface area (Å²) in [5.41, 5.74) is 11.7. The number of fused-ring (bicyclic) bond motifs is 2. The molecule has 0 atom stereocenters. The third-order valence-electron chi connectivity index (χ3n) is 8.49. The van der Waals surface area contributed by atoms with Gasteiger partial charge in [-0.05, 0) is 50.4 Å². The van der Waals surface area contributed by atoms with Gasteiger partial charge in [0.05, 0.1) is 11.4 Å². The molecular formula is C30H34N8O. The van der Waals surface area contributed by atoms with Crippen LogP contribution in [-0.2, 0) is 6.42 Å². The Morgan fingerprint density at radius 1 is 0.923 bits per heavy atom. The summed E-state index contributed by atoms with van der Waals surface area (Å²) in [7, 11) is 2.21. The summed E-state index contributed by atoms with van der Waals surface area (Å²) >= 11 is 0. The molecule has 5 aromatic rings. The van der Waals surface area contributed by atoms with Crippen LogP contribution in [0.1, 0.15) is 43.2 Å². The fourth-order valence-electron chi connectivity index (χ4n) is 6.27. The van der Waals surface area contributed by atoms with Crippen LogP contribution in [0.15, 0.2) is 59.3 Å². The number of hydrogen-bond donors (Lipinski definition) is 1. The molecule has 1 aliphatic carbocycles. The molecule has 2 aliphatic rings. The van der Waals surface area contributed by atoms with E-state index in [1.807, 2.05) is 36.4 Å². The molecule has 2 aromatic carbocycles. The minimum Gasteiger partial charge on any atom is -0.440 e. The van der Waals surface area contributed by atoms with Crippen LogP contribution in [0.3, 0.4) is 0 Å². The van der Waals surface area contributed by atoms with Crippen molar-refractivity contribution in [2.75, 3.05) is 39.0 Å². The van der Waals surface area contributed by atoms with Crippen LogP contribution in [0.5, 0.6) is 0 Å². The normalized spacial score (nSPS) is 21.2. The topological polar surface area (TPSA) is 102 Å². The molecular weight excluding hydrogens is 488 g/mol. The fourth-order valence-corrected chi connectivity index (χ4v) is 6.27. The van der Waals surface area contributed by atoms with Gasteiger partial charge in [0.1, 0.15) is 23.4 Å². The summed E-state index contributed by atoms with van der Waals surface area (Å²) in [6, 6.07) is 17.3. The van der Waals surface area contributed by atoms with E-state index in [-0.39, 0.29) is 0 Å². The molecule has 2 fully saturated rings. The minimum absolute atomic E-state index is 0.297. The van der Waals surface area contributed by atoms with E-state index in [0.717, 1.165) is 59.3 Å². The molecule has 200 valence electrons. The number of piperazine rings is 1. The summed E-state index contributed by atoms with van der Waals surface area (Å²) in [5, 5.41) is 5.93. The Morgan fingerprint density at radius 2 is 1.69 bits per heavy atom. The first-order valence-electron chi connectivity index (χ1n) is 14.0. The maximum Gasteiger partial charge on any atom is 0.199 e. The Balaban J connectivity index is 1.17. The van der Waals surface area contributed by atoms with Crippen molar-refractivity contribution in [1.29, 1.82) is 0 Å². The number of hydrogen-bond acceptors (Lipinski definition) is 8. The second kappa shape index (κ2) is 10.1. The van der Waals surface area contributed by atoms with E-state index in [4.69, 9.17) is 20.2 Å². The van der Waals surface area contributed by atoms with Crippen molar-refractivity contribution >= 4 is 28.0 Å². The molecule has 0 bridgehead atoms. The third kappa shape index (κ3) is 4.66. The Bertz CT molecular complexity index is 1590. The van der Waals surface area contributed by atoms with Gasteiger partial charge in [0.15, 0.2) is 17.1 Å². The summed E-state index contributed by atoms with van der Waals surface area (Å²) in [6.07, 6.45) is 6.73. The maximum absolute atomic E-state index is 6.42. The van der Waals surface area contributed by atoms with Crippen LogP contribution in [0, 0.1) is 0 Å². The molecule has 1 saturated heterocycles. The molecule has 2 N–H and O–H groups in total. The van der Waals surface area contributed by atoms with Crippen molar-refractivity contribution in [3.8, 4) is 11.3 Å². The molecule has 39 heavy (non-hydrogen) atoms. The van der Waals surface area contributed by atoms with Gasteiger partial charge in [0.2, 0.25) is 0 Å². The van der Waals surface area contributed by atoms with Crippen LogP contribution in [0.4, 0.5) is 5.82 Å². The smallest absolute Gasteiger partial charge is 0.199 e. The van der Waals surface area contributed by atoms with E-state index in [0.29, 0.717) is 30.2 Å². The van der Waals surface area contributed by atoms with Gasteiger partial charge in [-0.15, -0.1) is 0 Å².